The Balaban J connectivity index is 2.58. The fourth-order valence-electron chi connectivity index (χ4n) is 1.41. The summed E-state index contributed by atoms with van der Waals surface area (Å²) in [6, 6.07) is 3.86. The van der Waals surface area contributed by atoms with E-state index in [2.05, 4.69) is 21.2 Å². The van der Waals surface area contributed by atoms with Gasteiger partial charge in [-0.2, -0.15) is 0 Å². The largest absolute Gasteiger partial charge is 0.391 e. The molecule has 5 heteroatoms. The van der Waals surface area contributed by atoms with E-state index in [-0.39, 0.29) is 12.5 Å². The van der Waals surface area contributed by atoms with Crippen molar-refractivity contribution in [1.82, 2.24) is 5.32 Å². The molecular formula is C12H15BrFNO2. The van der Waals surface area contributed by atoms with Crippen molar-refractivity contribution in [2.75, 3.05) is 6.54 Å². The first-order valence-electron chi connectivity index (χ1n) is 5.46. The standard InChI is InChI=1S/C12H15BrFNO2/c1-2-3-9(16)7-15-12(17)10-5-4-8(14)6-11(10)13/h4-6,9,16H,2-3,7H2,1H3,(H,15,17). The third-order valence-corrected chi connectivity index (χ3v) is 2.95. The Labute approximate surface area is 108 Å². The number of carbonyl (C=O) groups excluding carboxylic acids is 1. The molecule has 94 valence electrons. The molecule has 1 rings (SSSR count). The van der Waals surface area contributed by atoms with Crippen molar-refractivity contribution < 1.29 is 14.3 Å². The average Bonchev–Trinajstić information content (AvgIpc) is 2.26. The van der Waals surface area contributed by atoms with Gasteiger partial charge in [-0.3, -0.25) is 4.79 Å². The summed E-state index contributed by atoms with van der Waals surface area (Å²) in [5, 5.41) is 12.1. The molecule has 1 aromatic rings. The van der Waals surface area contributed by atoms with Gasteiger partial charge in [0.1, 0.15) is 5.82 Å². The van der Waals surface area contributed by atoms with Crippen LogP contribution < -0.4 is 5.32 Å². The number of carbonyl (C=O) groups is 1. The van der Waals surface area contributed by atoms with E-state index in [4.69, 9.17) is 0 Å². The molecule has 2 N–H and O–H groups in total. The Morgan fingerprint density at radius 2 is 2.29 bits per heavy atom. The van der Waals surface area contributed by atoms with E-state index in [0.29, 0.717) is 16.5 Å². The molecule has 0 fully saturated rings. The van der Waals surface area contributed by atoms with E-state index in [1.165, 1.54) is 18.2 Å². The van der Waals surface area contributed by atoms with Gasteiger partial charge in [0.15, 0.2) is 0 Å². The Kier molecular flexibility index (Phi) is 5.58. The third-order valence-electron chi connectivity index (χ3n) is 2.30. The topological polar surface area (TPSA) is 49.3 Å². The maximum Gasteiger partial charge on any atom is 0.252 e. The van der Waals surface area contributed by atoms with Gasteiger partial charge < -0.3 is 10.4 Å². The Bertz CT molecular complexity index is 398. The summed E-state index contributed by atoms with van der Waals surface area (Å²) in [5.74, 6) is -0.730. The molecule has 1 unspecified atom stereocenters. The number of halogens is 2. The zero-order valence-electron chi connectivity index (χ0n) is 9.54. The number of aliphatic hydroxyl groups excluding tert-OH is 1. The van der Waals surface area contributed by atoms with Gasteiger partial charge in [0.05, 0.1) is 11.7 Å². The van der Waals surface area contributed by atoms with Crippen LogP contribution in [0, 0.1) is 5.82 Å². The number of hydrogen-bond donors (Lipinski definition) is 2. The number of aliphatic hydroxyl groups is 1. The van der Waals surface area contributed by atoms with Gasteiger partial charge >= 0.3 is 0 Å². The number of rotatable bonds is 5. The Hall–Kier alpha value is -0.940. The van der Waals surface area contributed by atoms with E-state index in [1.807, 2.05) is 6.92 Å². The molecule has 0 saturated heterocycles. The zero-order chi connectivity index (χ0) is 12.8. The second-order valence-electron chi connectivity index (χ2n) is 3.78. The molecule has 0 aliphatic heterocycles. The third kappa shape index (κ3) is 4.44. The van der Waals surface area contributed by atoms with Crippen molar-refractivity contribution in [3.05, 3.63) is 34.1 Å². The molecule has 0 aromatic heterocycles. The highest BCUT2D eigenvalue weighted by Gasteiger charge is 2.11. The van der Waals surface area contributed by atoms with E-state index < -0.39 is 11.9 Å². The highest BCUT2D eigenvalue weighted by atomic mass is 79.9. The van der Waals surface area contributed by atoms with Gasteiger partial charge in [0.25, 0.3) is 5.91 Å². The van der Waals surface area contributed by atoms with Crippen LogP contribution in [0.2, 0.25) is 0 Å². The van der Waals surface area contributed by atoms with E-state index >= 15 is 0 Å². The van der Waals surface area contributed by atoms with Gasteiger partial charge in [0.2, 0.25) is 0 Å². The fraction of sp³-hybridized carbons (Fsp3) is 0.417. The lowest BCUT2D eigenvalue weighted by Gasteiger charge is -2.11. The molecule has 1 aromatic carbocycles. The molecule has 1 amide bonds. The van der Waals surface area contributed by atoms with Crippen LogP contribution in [0.3, 0.4) is 0 Å². The molecule has 0 aliphatic rings. The summed E-state index contributed by atoms with van der Waals surface area (Å²) in [5.41, 5.74) is 0.357. The normalized spacial score (nSPS) is 12.2. The summed E-state index contributed by atoms with van der Waals surface area (Å²) in [4.78, 5) is 11.7. The van der Waals surface area contributed by atoms with Gasteiger partial charge in [0, 0.05) is 11.0 Å². The number of benzene rings is 1. The average molecular weight is 304 g/mol. The van der Waals surface area contributed by atoms with Crippen LogP contribution in [0.5, 0.6) is 0 Å². The number of amides is 1. The van der Waals surface area contributed by atoms with E-state index in [1.54, 1.807) is 0 Å². The van der Waals surface area contributed by atoms with Crippen LogP contribution >= 0.6 is 15.9 Å². The molecule has 0 saturated carbocycles. The molecular weight excluding hydrogens is 289 g/mol. The SMILES string of the molecule is CCCC(O)CNC(=O)c1ccc(F)cc1Br. The van der Waals surface area contributed by atoms with Crippen molar-refractivity contribution in [1.29, 1.82) is 0 Å². The molecule has 0 spiro atoms. The summed E-state index contributed by atoms with van der Waals surface area (Å²) in [6.07, 6.45) is 0.963. The van der Waals surface area contributed by atoms with E-state index in [0.717, 1.165) is 6.42 Å². The molecule has 0 heterocycles. The fourth-order valence-corrected chi connectivity index (χ4v) is 1.95. The molecule has 3 nitrogen and oxygen atoms in total. The molecule has 0 aliphatic carbocycles. The predicted octanol–water partition coefficient (Wildman–Crippen LogP) is 2.48. The Morgan fingerprint density at radius 3 is 2.88 bits per heavy atom. The van der Waals surface area contributed by atoms with Crippen molar-refractivity contribution in [3.8, 4) is 0 Å². The van der Waals surface area contributed by atoms with Crippen LogP contribution in [0.15, 0.2) is 22.7 Å². The first-order valence-corrected chi connectivity index (χ1v) is 6.25. The van der Waals surface area contributed by atoms with Gasteiger partial charge in [-0.05, 0) is 40.5 Å². The Morgan fingerprint density at radius 1 is 1.59 bits per heavy atom. The minimum atomic E-state index is -0.539. The quantitative estimate of drug-likeness (QED) is 0.878. The molecule has 0 radical (unpaired) electrons. The lowest BCUT2D eigenvalue weighted by atomic mass is 10.2. The summed E-state index contributed by atoms with van der Waals surface area (Å²) in [6.45, 7) is 2.16. The smallest absolute Gasteiger partial charge is 0.252 e. The van der Waals surface area contributed by atoms with Crippen LogP contribution in [-0.2, 0) is 0 Å². The lowest BCUT2D eigenvalue weighted by molar-refractivity contribution is 0.0909. The maximum absolute atomic E-state index is 12.8. The van der Waals surface area contributed by atoms with Crippen molar-refractivity contribution in [3.63, 3.8) is 0 Å². The molecule has 1 atom stereocenters. The minimum Gasteiger partial charge on any atom is -0.391 e. The minimum absolute atomic E-state index is 0.205. The van der Waals surface area contributed by atoms with Gasteiger partial charge in [-0.15, -0.1) is 0 Å². The summed E-state index contributed by atoms with van der Waals surface area (Å²) in [7, 11) is 0. The first-order chi connectivity index (χ1) is 8.04. The second-order valence-corrected chi connectivity index (χ2v) is 4.63. The molecule has 17 heavy (non-hydrogen) atoms. The highest BCUT2D eigenvalue weighted by Crippen LogP contribution is 2.17. The predicted molar refractivity (Wildman–Crippen MR) is 67.3 cm³/mol. The van der Waals surface area contributed by atoms with Crippen LogP contribution in [0.1, 0.15) is 30.1 Å². The highest BCUT2D eigenvalue weighted by molar-refractivity contribution is 9.10. The van der Waals surface area contributed by atoms with Gasteiger partial charge in [-0.25, -0.2) is 4.39 Å². The van der Waals surface area contributed by atoms with Crippen LogP contribution in [-0.4, -0.2) is 23.7 Å². The van der Waals surface area contributed by atoms with Crippen molar-refractivity contribution in [2.24, 2.45) is 0 Å². The zero-order valence-corrected chi connectivity index (χ0v) is 11.1. The van der Waals surface area contributed by atoms with Crippen LogP contribution in [0.25, 0.3) is 0 Å². The first kappa shape index (κ1) is 14.1. The number of hydrogen-bond acceptors (Lipinski definition) is 2. The second kappa shape index (κ2) is 6.71. The van der Waals surface area contributed by atoms with Gasteiger partial charge in [-0.1, -0.05) is 13.3 Å². The molecule has 0 bridgehead atoms. The van der Waals surface area contributed by atoms with Crippen molar-refractivity contribution >= 4 is 21.8 Å². The van der Waals surface area contributed by atoms with Crippen LogP contribution in [0.4, 0.5) is 4.39 Å². The lowest BCUT2D eigenvalue weighted by Crippen LogP contribution is -2.32. The van der Waals surface area contributed by atoms with Crippen molar-refractivity contribution in [2.45, 2.75) is 25.9 Å². The summed E-state index contributed by atoms with van der Waals surface area (Å²) >= 11 is 3.12. The van der Waals surface area contributed by atoms with E-state index in [9.17, 15) is 14.3 Å². The monoisotopic (exact) mass is 303 g/mol. The summed E-state index contributed by atoms with van der Waals surface area (Å²) < 4.78 is 13.2. The number of nitrogens with one attached hydrogen (secondary N) is 1. The maximum atomic E-state index is 12.8.